The van der Waals surface area contributed by atoms with Gasteiger partial charge in [0.05, 0.1) is 12.6 Å². The molecule has 0 aromatic heterocycles. The van der Waals surface area contributed by atoms with Gasteiger partial charge >= 0.3 is 0 Å². The molecule has 0 radical (unpaired) electrons. The lowest BCUT2D eigenvalue weighted by molar-refractivity contribution is -0.129. The van der Waals surface area contributed by atoms with Crippen molar-refractivity contribution in [2.24, 2.45) is 0 Å². The van der Waals surface area contributed by atoms with Crippen LogP contribution in [0.4, 0.5) is 4.39 Å². The minimum atomic E-state index is -0.281. The second-order valence-corrected chi connectivity index (χ2v) is 4.34. The second-order valence-electron chi connectivity index (χ2n) is 4.34. The number of halogens is 1. The van der Waals surface area contributed by atoms with E-state index in [1.807, 2.05) is 0 Å². The number of nitrogens with zero attached hydrogens (tertiary/aromatic N) is 1. The summed E-state index contributed by atoms with van der Waals surface area (Å²) in [5.74, 6) is 0.454. The molecule has 0 aliphatic carbocycles. The van der Waals surface area contributed by atoms with Gasteiger partial charge in [0.25, 0.3) is 0 Å². The Morgan fingerprint density at radius 3 is 3.12 bits per heavy atom. The maximum absolute atomic E-state index is 13.2. The number of carbonyl (C=O) groups is 1. The van der Waals surface area contributed by atoms with Gasteiger partial charge in [-0.1, -0.05) is 0 Å². The highest BCUT2D eigenvalue weighted by Gasteiger charge is 2.41. The van der Waals surface area contributed by atoms with E-state index in [1.54, 1.807) is 17.9 Å². The van der Waals surface area contributed by atoms with Crippen molar-refractivity contribution in [1.82, 2.24) is 4.90 Å². The molecule has 84 valence electrons. The van der Waals surface area contributed by atoms with E-state index in [2.05, 4.69) is 0 Å². The predicted octanol–water partition coefficient (Wildman–Crippen LogP) is 1.88. The molecule has 2 atom stereocenters. The van der Waals surface area contributed by atoms with Crippen LogP contribution in [0.1, 0.15) is 24.9 Å². The van der Waals surface area contributed by atoms with Crippen molar-refractivity contribution in [3.63, 3.8) is 0 Å². The average molecular weight is 221 g/mol. The molecule has 3 rings (SSSR count). The van der Waals surface area contributed by atoms with E-state index in [4.69, 9.17) is 4.74 Å². The lowest BCUT2D eigenvalue weighted by Crippen LogP contribution is -2.28. The number of hydrogen-bond acceptors (Lipinski definition) is 2. The fourth-order valence-corrected chi connectivity index (χ4v) is 2.59. The first-order valence-electron chi connectivity index (χ1n) is 5.38. The molecule has 0 N–H and O–H groups in total. The topological polar surface area (TPSA) is 29.5 Å². The Morgan fingerprint density at radius 2 is 2.38 bits per heavy atom. The fraction of sp³-hybridized carbons (Fsp3) is 0.417. The van der Waals surface area contributed by atoms with Gasteiger partial charge < -0.3 is 9.64 Å². The summed E-state index contributed by atoms with van der Waals surface area (Å²) in [5, 5.41) is 0. The van der Waals surface area contributed by atoms with E-state index in [0.29, 0.717) is 12.3 Å². The molecule has 2 aliphatic heterocycles. The Kier molecular flexibility index (Phi) is 1.93. The van der Waals surface area contributed by atoms with Crippen molar-refractivity contribution in [3.8, 4) is 5.75 Å². The third-order valence-electron chi connectivity index (χ3n) is 3.29. The maximum Gasteiger partial charge on any atom is 0.220 e. The Hall–Kier alpha value is -1.58. The number of benzene rings is 1. The number of hydrogen-bond donors (Lipinski definition) is 0. The van der Waals surface area contributed by atoms with E-state index in [9.17, 15) is 9.18 Å². The highest BCUT2D eigenvalue weighted by molar-refractivity contribution is 5.74. The first-order valence-corrected chi connectivity index (χ1v) is 5.38. The summed E-state index contributed by atoms with van der Waals surface area (Å²) in [4.78, 5) is 13.2. The van der Waals surface area contributed by atoms with E-state index in [0.717, 1.165) is 12.0 Å². The predicted molar refractivity (Wildman–Crippen MR) is 55.6 cm³/mol. The summed E-state index contributed by atoms with van der Waals surface area (Å²) >= 11 is 0. The van der Waals surface area contributed by atoms with Crippen molar-refractivity contribution in [2.75, 3.05) is 6.54 Å². The molecule has 0 unspecified atom stereocenters. The molecule has 0 spiro atoms. The molecule has 2 bridgehead atoms. The van der Waals surface area contributed by atoms with Crippen LogP contribution in [-0.2, 0) is 4.79 Å². The van der Waals surface area contributed by atoms with E-state index in [-0.39, 0.29) is 23.9 Å². The van der Waals surface area contributed by atoms with Crippen LogP contribution in [0.5, 0.6) is 5.75 Å². The van der Waals surface area contributed by atoms with Crippen molar-refractivity contribution in [1.29, 1.82) is 0 Å². The van der Waals surface area contributed by atoms with Crippen molar-refractivity contribution < 1.29 is 13.9 Å². The van der Waals surface area contributed by atoms with Gasteiger partial charge in [-0.05, 0) is 18.2 Å². The first kappa shape index (κ1) is 9.63. The van der Waals surface area contributed by atoms with Crippen LogP contribution in [0.2, 0.25) is 0 Å². The normalized spacial score (nSPS) is 26.2. The Labute approximate surface area is 92.8 Å². The van der Waals surface area contributed by atoms with Gasteiger partial charge in [-0.15, -0.1) is 0 Å². The molecule has 1 aromatic carbocycles. The van der Waals surface area contributed by atoms with Gasteiger partial charge in [0, 0.05) is 18.9 Å². The molecule has 2 aliphatic rings. The molecule has 1 saturated heterocycles. The third-order valence-corrected chi connectivity index (χ3v) is 3.29. The summed E-state index contributed by atoms with van der Waals surface area (Å²) in [6, 6.07) is 4.49. The van der Waals surface area contributed by atoms with Gasteiger partial charge in [0.1, 0.15) is 17.7 Å². The summed E-state index contributed by atoms with van der Waals surface area (Å²) in [6.07, 6.45) is 0.836. The molecule has 1 aromatic rings. The van der Waals surface area contributed by atoms with Gasteiger partial charge in [-0.2, -0.15) is 0 Å². The molecule has 1 amide bonds. The SMILES string of the molecule is CC(=O)N1C[C@@H]2C[C@H]1c1cc(F)ccc1O2. The third kappa shape index (κ3) is 1.29. The Morgan fingerprint density at radius 1 is 1.56 bits per heavy atom. The summed E-state index contributed by atoms with van der Waals surface area (Å²) in [6.45, 7) is 2.15. The highest BCUT2D eigenvalue weighted by atomic mass is 19.1. The lowest BCUT2D eigenvalue weighted by atomic mass is 10.00. The number of ether oxygens (including phenoxy) is 1. The zero-order valence-electron chi connectivity index (χ0n) is 8.94. The van der Waals surface area contributed by atoms with Crippen molar-refractivity contribution in [2.45, 2.75) is 25.5 Å². The molecule has 4 heteroatoms. The van der Waals surface area contributed by atoms with E-state index < -0.39 is 0 Å². The lowest BCUT2D eigenvalue weighted by Gasteiger charge is -2.25. The molecule has 16 heavy (non-hydrogen) atoms. The van der Waals surface area contributed by atoms with Crippen LogP contribution in [0.15, 0.2) is 18.2 Å². The van der Waals surface area contributed by atoms with Crippen LogP contribution >= 0.6 is 0 Å². The van der Waals surface area contributed by atoms with Crippen LogP contribution in [0.25, 0.3) is 0 Å². The van der Waals surface area contributed by atoms with Crippen LogP contribution in [0, 0.1) is 5.82 Å². The zero-order chi connectivity index (χ0) is 11.3. The molecule has 1 fully saturated rings. The average Bonchev–Trinajstić information content (AvgIpc) is 2.59. The number of likely N-dealkylation sites (tertiary alicyclic amines) is 1. The number of rotatable bonds is 0. The Bertz CT molecular complexity index is 460. The largest absolute Gasteiger partial charge is 0.488 e. The quantitative estimate of drug-likeness (QED) is 0.669. The molecule has 2 heterocycles. The van der Waals surface area contributed by atoms with Crippen LogP contribution in [-0.4, -0.2) is 23.5 Å². The van der Waals surface area contributed by atoms with Crippen LogP contribution < -0.4 is 4.74 Å². The highest BCUT2D eigenvalue weighted by Crippen LogP contribution is 2.43. The van der Waals surface area contributed by atoms with Crippen LogP contribution in [0.3, 0.4) is 0 Å². The minimum Gasteiger partial charge on any atom is -0.488 e. The summed E-state index contributed by atoms with van der Waals surface area (Å²) in [7, 11) is 0. The van der Waals surface area contributed by atoms with E-state index in [1.165, 1.54) is 12.1 Å². The van der Waals surface area contributed by atoms with Gasteiger partial charge in [-0.25, -0.2) is 4.39 Å². The number of amides is 1. The summed E-state index contributed by atoms with van der Waals surface area (Å²) < 4.78 is 18.9. The zero-order valence-corrected chi connectivity index (χ0v) is 8.94. The second kappa shape index (κ2) is 3.20. The Balaban J connectivity index is 2.07. The summed E-state index contributed by atoms with van der Waals surface area (Å²) in [5.41, 5.74) is 0.795. The number of fused-ring (bicyclic) bond motifs is 4. The van der Waals surface area contributed by atoms with Crippen molar-refractivity contribution in [3.05, 3.63) is 29.6 Å². The van der Waals surface area contributed by atoms with Gasteiger partial charge in [0.15, 0.2) is 0 Å². The fourth-order valence-electron chi connectivity index (χ4n) is 2.59. The standard InChI is InChI=1S/C12H12FNO2/c1-7(15)14-6-9-5-11(14)10-4-8(13)2-3-12(10)16-9/h2-4,9,11H,5-6H2,1H3/t9-,11-/m0/s1. The molecule has 3 nitrogen and oxygen atoms in total. The molecular weight excluding hydrogens is 209 g/mol. The first-order chi connectivity index (χ1) is 7.65. The minimum absolute atomic E-state index is 0.0121. The smallest absolute Gasteiger partial charge is 0.220 e. The monoisotopic (exact) mass is 221 g/mol. The number of carbonyl (C=O) groups excluding carboxylic acids is 1. The van der Waals surface area contributed by atoms with Crippen molar-refractivity contribution >= 4 is 5.91 Å². The molecular formula is C12H12FNO2. The molecule has 0 saturated carbocycles. The van der Waals surface area contributed by atoms with E-state index >= 15 is 0 Å². The van der Waals surface area contributed by atoms with Gasteiger partial charge in [-0.3, -0.25) is 4.79 Å². The van der Waals surface area contributed by atoms with Gasteiger partial charge in [0.2, 0.25) is 5.91 Å². The maximum atomic E-state index is 13.2.